The number of carbonyl (C=O) groups is 3. The molecule has 1 heterocycles. The number of rotatable bonds is 11. The van der Waals surface area contributed by atoms with Gasteiger partial charge in [0.15, 0.2) is 11.5 Å². The lowest BCUT2D eigenvalue weighted by Gasteiger charge is -2.27. The van der Waals surface area contributed by atoms with Gasteiger partial charge < -0.3 is 19.8 Å². The Morgan fingerprint density at radius 1 is 1.06 bits per heavy atom. The predicted molar refractivity (Wildman–Crippen MR) is 124 cm³/mol. The Hall–Kier alpha value is -3.87. The van der Waals surface area contributed by atoms with Crippen molar-refractivity contribution in [3.05, 3.63) is 83.1 Å². The van der Waals surface area contributed by atoms with Gasteiger partial charge in [-0.1, -0.05) is 55.0 Å². The number of carboxylic acids is 1. The van der Waals surface area contributed by atoms with Crippen molar-refractivity contribution in [2.75, 3.05) is 13.7 Å². The molecule has 7 nitrogen and oxygen atoms in total. The quantitative estimate of drug-likeness (QED) is 0.391. The minimum atomic E-state index is -0.862. The van der Waals surface area contributed by atoms with E-state index in [1.807, 2.05) is 30.3 Å². The summed E-state index contributed by atoms with van der Waals surface area (Å²) in [5, 5.41) is 19.5. The summed E-state index contributed by atoms with van der Waals surface area (Å²) in [5.41, 5.74) is 1.49. The highest BCUT2D eigenvalue weighted by Gasteiger charge is 2.42. The first kappa shape index (κ1) is 23.8. The number of aliphatic carboxylic acids is 1. The second-order valence-corrected chi connectivity index (χ2v) is 7.75. The molecule has 0 saturated carbocycles. The van der Waals surface area contributed by atoms with Crippen LogP contribution < -0.4 is 4.74 Å². The lowest BCUT2D eigenvalue weighted by molar-refractivity contribution is -0.137. The number of ether oxygens (including phenoxy) is 1. The van der Waals surface area contributed by atoms with Gasteiger partial charge in [-0.05, 0) is 42.2 Å². The summed E-state index contributed by atoms with van der Waals surface area (Å²) >= 11 is 0. The summed E-state index contributed by atoms with van der Waals surface area (Å²) in [6.45, 7) is 0.281. The van der Waals surface area contributed by atoms with Crippen LogP contribution in [0.3, 0.4) is 0 Å². The third-order valence-corrected chi connectivity index (χ3v) is 5.50. The van der Waals surface area contributed by atoms with Crippen molar-refractivity contribution >= 4 is 23.7 Å². The van der Waals surface area contributed by atoms with Gasteiger partial charge in [0, 0.05) is 13.0 Å². The van der Waals surface area contributed by atoms with Gasteiger partial charge in [-0.25, -0.2) is 0 Å². The molecule has 7 heteroatoms. The summed E-state index contributed by atoms with van der Waals surface area (Å²) in [5.74, 6) is -1.92. The second kappa shape index (κ2) is 11.1. The molecule has 2 aromatic carbocycles. The number of amides is 1. The van der Waals surface area contributed by atoms with Gasteiger partial charge in [0.05, 0.1) is 18.7 Å². The number of ketones is 1. The van der Waals surface area contributed by atoms with Crippen LogP contribution in [-0.4, -0.2) is 46.4 Å². The SMILES string of the molecule is COc1cccc([C@H]2C(C(=O)/C=C/c3ccccc3)=C(O)C(=O)N2CCCCCC(=O)O)c1. The number of nitrogens with zero attached hydrogens (tertiary/aromatic N) is 1. The molecule has 0 radical (unpaired) electrons. The number of methoxy groups -OCH3 is 1. The number of hydrogen-bond donors (Lipinski definition) is 2. The van der Waals surface area contributed by atoms with Crippen LogP contribution in [0.15, 0.2) is 72.0 Å². The first-order valence-electron chi connectivity index (χ1n) is 10.8. The Balaban J connectivity index is 1.88. The fourth-order valence-electron chi connectivity index (χ4n) is 3.86. The number of carbonyl (C=O) groups excluding carboxylic acids is 2. The Labute approximate surface area is 192 Å². The molecule has 1 aliphatic heterocycles. The summed E-state index contributed by atoms with van der Waals surface area (Å²) in [6.07, 6.45) is 4.71. The van der Waals surface area contributed by atoms with Gasteiger partial charge in [-0.3, -0.25) is 14.4 Å². The van der Waals surface area contributed by atoms with E-state index in [2.05, 4.69) is 0 Å². The molecule has 0 spiro atoms. The van der Waals surface area contributed by atoms with Crippen LogP contribution in [0.4, 0.5) is 0 Å². The van der Waals surface area contributed by atoms with E-state index in [9.17, 15) is 19.5 Å². The first-order valence-corrected chi connectivity index (χ1v) is 10.8. The molecule has 1 atom stereocenters. The summed E-state index contributed by atoms with van der Waals surface area (Å²) in [4.78, 5) is 38.3. The van der Waals surface area contributed by atoms with Crippen molar-refractivity contribution < 1.29 is 29.3 Å². The number of hydrogen-bond acceptors (Lipinski definition) is 5. The number of aliphatic hydroxyl groups is 1. The third kappa shape index (κ3) is 5.88. The van der Waals surface area contributed by atoms with Gasteiger partial charge in [0.2, 0.25) is 0 Å². The third-order valence-electron chi connectivity index (χ3n) is 5.50. The van der Waals surface area contributed by atoms with Crippen molar-refractivity contribution in [2.45, 2.75) is 31.7 Å². The molecular weight excluding hydrogens is 422 g/mol. The van der Waals surface area contributed by atoms with Gasteiger partial charge in [0.1, 0.15) is 5.75 Å². The van der Waals surface area contributed by atoms with E-state index in [0.717, 1.165) is 5.56 Å². The Morgan fingerprint density at radius 2 is 1.82 bits per heavy atom. The molecule has 2 N–H and O–H groups in total. The minimum absolute atomic E-state index is 0.0194. The van der Waals surface area contributed by atoms with Gasteiger partial charge in [-0.2, -0.15) is 0 Å². The van der Waals surface area contributed by atoms with Crippen molar-refractivity contribution in [2.24, 2.45) is 0 Å². The summed E-state index contributed by atoms with van der Waals surface area (Å²) < 4.78 is 5.30. The zero-order chi connectivity index (χ0) is 23.8. The smallest absolute Gasteiger partial charge is 0.303 e. The van der Waals surface area contributed by atoms with Crippen LogP contribution >= 0.6 is 0 Å². The number of allylic oxidation sites excluding steroid dienone is 1. The molecular formula is C26H27NO6. The molecule has 0 fully saturated rings. The van der Waals surface area contributed by atoms with E-state index in [0.29, 0.717) is 30.6 Å². The van der Waals surface area contributed by atoms with Crippen LogP contribution in [0.5, 0.6) is 5.75 Å². The van der Waals surface area contributed by atoms with E-state index < -0.39 is 29.5 Å². The summed E-state index contributed by atoms with van der Waals surface area (Å²) in [7, 11) is 1.53. The van der Waals surface area contributed by atoms with E-state index in [4.69, 9.17) is 9.84 Å². The molecule has 1 amide bonds. The average Bonchev–Trinajstić information content (AvgIpc) is 3.08. The Morgan fingerprint density at radius 3 is 2.52 bits per heavy atom. The lowest BCUT2D eigenvalue weighted by atomic mass is 9.95. The second-order valence-electron chi connectivity index (χ2n) is 7.75. The first-order chi connectivity index (χ1) is 15.9. The molecule has 33 heavy (non-hydrogen) atoms. The Bertz CT molecular complexity index is 1070. The highest BCUT2D eigenvalue weighted by Crippen LogP contribution is 2.39. The monoisotopic (exact) mass is 449 g/mol. The zero-order valence-corrected chi connectivity index (χ0v) is 18.4. The minimum Gasteiger partial charge on any atom is -0.503 e. The number of aliphatic hydroxyl groups excluding tert-OH is 1. The number of carboxylic acid groups (broad SMARTS) is 1. The van der Waals surface area contributed by atoms with Crippen LogP contribution in [0.2, 0.25) is 0 Å². The Kier molecular flexibility index (Phi) is 8.02. The average molecular weight is 450 g/mol. The molecule has 0 aliphatic carbocycles. The highest BCUT2D eigenvalue weighted by molar-refractivity contribution is 6.14. The maximum Gasteiger partial charge on any atom is 0.303 e. The van der Waals surface area contributed by atoms with E-state index >= 15 is 0 Å². The maximum atomic E-state index is 13.1. The molecule has 0 saturated heterocycles. The van der Waals surface area contributed by atoms with Gasteiger partial charge >= 0.3 is 5.97 Å². The number of benzene rings is 2. The zero-order valence-electron chi connectivity index (χ0n) is 18.4. The summed E-state index contributed by atoms with van der Waals surface area (Å²) in [6, 6.07) is 15.6. The van der Waals surface area contributed by atoms with E-state index in [1.165, 1.54) is 18.1 Å². The molecule has 0 bridgehead atoms. The fraction of sp³-hybridized carbons (Fsp3) is 0.269. The predicted octanol–water partition coefficient (Wildman–Crippen LogP) is 4.32. The lowest BCUT2D eigenvalue weighted by Crippen LogP contribution is -2.32. The van der Waals surface area contributed by atoms with Crippen LogP contribution in [0, 0.1) is 0 Å². The molecule has 1 aliphatic rings. The van der Waals surface area contributed by atoms with Gasteiger partial charge in [0.25, 0.3) is 5.91 Å². The molecule has 0 aromatic heterocycles. The van der Waals surface area contributed by atoms with Crippen molar-refractivity contribution in [3.63, 3.8) is 0 Å². The van der Waals surface area contributed by atoms with Crippen molar-refractivity contribution in [3.8, 4) is 5.75 Å². The standard InChI is InChI=1S/C26H27NO6/c1-33-20-12-8-11-19(17-20)24-23(21(28)15-14-18-9-4-2-5-10-18)25(31)26(32)27(24)16-7-3-6-13-22(29)30/h2,4-5,8-12,14-15,17,24,31H,3,6-7,13,16H2,1H3,(H,29,30)/b15-14+/t24-/m0/s1. The van der Waals surface area contributed by atoms with Crippen LogP contribution in [0.25, 0.3) is 6.08 Å². The maximum absolute atomic E-state index is 13.1. The molecule has 2 aromatic rings. The van der Waals surface area contributed by atoms with E-state index in [1.54, 1.807) is 30.3 Å². The van der Waals surface area contributed by atoms with Crippen molar-refractivity contribution in [1.29, 1.82) is 0 Å². The van der Waals surface area contributed by atoms with E-state index in [-0.39, 0.29) is 18.5 Å². The molecule has 3 rings (SSSR count). The topological polar surface area (TPSA) is 104 Å². The molecule has 0 unspecified atom stereocenters. The van der Waals surface area contributed by atoms with Crippen LogP contribution in [-0.2, 0) is 14.4 Å². The highest BCUT2D eigenvalue weighted by atomic mass is 16.5. The molecule has 172 valence electrons. The normalized spacial score (nSPS) is 16.0. The van der Waals surface area contributed by atoms with Gasteiger partial charge in [-0.15, -0.1) is 0 Å². The van der Waals surface area contributed by atoms with Crippen molar-refractivity contribution in [1.82, 2.24) is 4.90 Å². The largest absolute Gasteiger partial charge is 0.503 e. The fourth-order valence-corrected chi connectivity index (χ4v) is 3.86. The number of unbranched alkanes of at least 4 members (excludes halogenated alkanes) is 2. The van der Waals surface area contributed by atoms with Crippen LogP contribution in [0.1, 0.15) is 42.9 Å².